The Kier molecular flexibility index (Phi) is 14.0. The van der Waals surface area contributed by atoms with Gasteiger partial charge in [0, 0.05) is 35.9 Å². The summed E-state index contributed by atoms with van der Waals surface area (Å²) in [5.74, 6) is 0.136. The van der Waals surface area contributed by atoms with Gasteiger partial charge >= 0.3 is 11.9 Å². The summed E-state index contributed by atoms with van der Waals surface area (Å²) in [6.07, 6.45) is 3.59. The maximum absolute atomic E-state index is 13.6. The van der Waals surface area contributed by atoms with Gasteiger partial charge in [0.2, 0.25) is 0 Å². The molecule has 268 valence electrons. The summed E-state index contributed by atoms with van der Waals surface area (Å²) >= 11 is 14.2. The van der Waals surface area contributed by atoms with Gasteiger partial charge in [-0.15, -0.1) is 11.3 Å². The number of nitrogens with zero attached hydrogens (tertiary/aromatic N) is 1. The van der Waals surface area contributed by atoms with Gasteiger partial charge < -0.3 is 34.4 Å². The molecule has 0 amide bonds. The molecule has 3 heterocycles. The molecule has 11 nitrogen and oxygen atoms in total. The Morgan fingerprint density at radius 1 is 1.06 bits per heavy atom. The maximum atomic E-state index is 13.6. The molecule has 0 bridgehead atoms. The Balaban J connectivity index is 0.00000562. The smallest absolute Gasteiger partial charge is 0.348 e. The van der Waals surface area contributed by atoms with Gasteiger partial charge in [-0.1, -0.05) is 59.6 Å². The number of methoxy groups -OCH3 is 2. The van der Waals surface area contributed by atoms with Crippen molar-refractivity contribution >= 4 is 46.5 Å². The standard InChI is InChI=1S/C36H39Cl2N3O7S.H2O/c1-41-14-13-23(20-41)21-47-35(44)36(22-42,25-7-5-4-6-8-25)40-17-26-10-12-33(49-26)34(43)48-31(16-27-28(37)18-39-19-29(27)38)24-9-11-30(45-2)32(15-24)46-3;/h4-12,15,18-19,23,31,40,42H,13-14,16-17,20-22H2,1-3H3;1H2/t23-,31+,36?;/m1./s1. The predicted molar refractivity (Wildman–Crippen MR) is 189 cm³/mol. The first-order valence-electron chi connectivity index (χ1n) is 15.8. The molecular weight excluding hydrogens is 705 g/mol. The molecule has 1 saturated heterocycles. The van der Waals surface area contributed by atoms with E-state index in [1.807, 2.05) is 25.2 Å². The molecule has 2 aromatic heterocycles. The topological polar surface area (TPSA) is 151 Å². The van der Waals surface area contributed by atoms with E-state index in [1.165, 1.54) is 18.4 Å². The van der Waals surface area contributed by atoms with E-state index < -0.39 is 30.2 Å². The van der Waals surface area contributed by atoms with E-state index >= 15 is 0 Å². The van der Waals surface area contributed by atoms with E-state index in [4.69, 9.17) is 42.1 Å². The van der Waals surface area contributed by atoms with E-state index in [9.17, 15) is 14.7 Å². The minimum atomic E-state index is -1.50. The molecule has 14 heteroatoms. The number of thiophene rings is 1. The number of halogens is 2. The third-order valence-electron chi connectivity index (χ3n) is 8.63. The highest BCUT2D eigenvalue weighted by Crippen LogP contribution is 2.36. The van der Waals surface area contributed by atoms with Gasteiger partial charge in [-0.2, -0.15) is 0 Å². The van der Waals surface area contributed by atoms with Crippen molar-refractivity contribution in [3.05, 3.63) is 110 Å². The molecule has 1 aliphatic heterocycles. The first-order chi connectivity index (χ1) is 23.7. The molecule has 50 heavy (non-hydrogen) atoms. The number of H-pyrrole nitrogens is 1. The van der Waals surface area contributed by atoms with E-state index in [1.54, 1.807) is 62.0 Å². The first kappa shape index (κ1) is 39.0. The molecule has 4 N–H and O–H groups in total. The molecular formula is C36H41Cl2N3O8S. The van der Waals surface area contributed by atoms with Crippen LogP contribution >= 0.6 is 34.5 Å². The van der Waals surface area contributed by atoms with E-state index in [-0.39, 0.29) is 31.0 Å². The first-order valence-corrected chi connectivity index (χ1v) is 17.4. The number of aromatic amines is 1. The zero-order valence-corrected chi connectivity index (χ0v) is 30.3. The number of carbonyl (C=O) groups excluding carboxylic acids is 2. The molecule has 3 atom stereocenters. The monoisotopic (exact) mass is 745 g/mol. The van der Waals surface area contributed by atoms with Crippen LogP contribution in [0.3, 0.4) is 0 Å². The van der Waals surface area contributed by atoms with Gasteiger partial charge in [-0.25, -0.2) is 14.6 Å². The number of pyridine rings is 1. The van der Waals surface area contributed by atoms with E-state index in [0.717, 1.165) is 24.4 Å². The Labute approximate surface area is 305 Å². The number of aliphatic hydroxyl groups excluding tert-OH is 1. The fraction of sp³-hybridized carbons (Fsp3) is 0.361. The number of nitrogens with one attached hydrogen (secondary N) is 2. The van der Waals surface area contributed by atoms with Crippen LogP contribution in [0.25, 0.3) is 0 Å². The zero-order chi connectivity index (χ0) is 35.0. The minimum Gasteiger partial charge on any atom is -0.870 e. The highest BCUT2D eigenvalue weighted by atomic mass is 35.5. The lowest BCUT2D eigenvalue weighted by Crippen LogP contribution is -2.53. The average molecular weight is 747 g/mol. The number of ether oxygens (including phenoxy) is 4. The Bertz CT molecular complexity index is 1720. The van der Waals surface area contributed by atoms with Crippen molar-refractivity contribution in [1.82, 2.24) is 10.2 Å². The van der Waals surface area contributed by atoms with Crippen molar-refractivity contribution in [2.45, 2.75) is 31.0 Å². The van der Waals surface area contributed by atoms with Crippen molar-refractivity contribution in [2.24, 2.45) is 5.92 Å². The fourth-order valence-electron chi connectivity index (χ4n) is 5.85. The van der Waals surface area contributed by atoms with Gasteiger partial charge in [0.15, 0.2) is 29.4 Å². The van der Waals surface area contributed by atoms with Gasteiger partial charge in [-0.3, -0.25) is 5.32 Å². The predicted octanol–water partition coefficient (Wildman–Crippen LogP) is 5.32. The van der Waals surface area contributed by atoms with Crippen LogP contribution < -0.4 is 19.8 Å². The number of esters is 2. The van der Waals surface area contributed by atoms with Gasteiger partial charge in [0.05, 0.1) is 27.4 Å². The van der Waals surface area contributed by atoms with E-state index in [0.29, 0.717) is 43.1 Å². The number of aromatic nitrogens is 1. The summed E-state index contributed by atoms with van der Waals surface area (Å²) in [7, 11) is 5.11. The number of carbonyl (C=O) groups is 2. The molecule has 0 aliphatic carbocycles. The summed E-state index contributed by atoms with van der Waals surface area (Å²) in [4.78, 5) is 33.5. The summed E-state index contributed by atoms with van der Waals surface area (Å²) in [5, 5.41) is 14.7. The zero-order valence-electron chi connectivity index (χ0n) is 28.0. The number of benzene rings is 2. The quantitative estimate of drug-likeness (QED) is 0.153. The van der Waals surface area contributed by atoms with Crippen molar-refractivity contribution in [3.63, 3.8) is 0 Å². The Hall–Kier alpha value is -3.75. The highest BCUT2D eigenvalue weighted by molar-refractivity contribution is 7.13. The van der Waals surface area contributed by atoms with E-state index in [2.05, 4.69) is 15.2 Å². The number of aliphatic hydroxyl groups is 1. The molecule has 1 fully saturated rings. The van der Waals surface area contributed by atoms with Gasteiger partial charge in [0.1, 0.15) is 21.0 Å². The maximum Gasteiger partial charge on any atom is 0.348 e. The molecule has 1 aliphatic rings. The molecule has 1 unspecified atom stereocenters. The van der Waals surface area contributed by atoms with Crippen LogP contribution in [0.5, 0.6) is 11.5 Å². The largest absolute Gasteiger partial charge is 0.870 e. The van der Waals surface area contributed by atoms with Crippen LogP contribution in [-0.2, 0) is 32.8 Å². The lowest BCUT2D eigenvalue weighted by atomic mass is 9.90. The number of hydrogen-bond acceptors (Lipinski definition) is 11. The Morgan fingerprint density at radius 3 is 2.42 bits per heavy atom. The summed E-state index contributed by atoms with van der Waals surface area (Å²) in [6.45, 7) is 1.74. The van der Waals surface area contributed by atoms with Crippen LogP contribution in [0.4, 0.5) is 0 Å². The number of rotatable bonds is 15. The van der Waals surface area contributed by atoms with Crippen LogP contribution in [0, 0.1) is 5.92 Å². The van der Waals surface area contributed by atoms with Gasteiger partial charge in [0.25, 0.3) is 0 Å². The summed E-state index contributed by atoms with van der Waals surface area (Å²) in [5.41, 5.74) is 0.345. The summed E-state index contributed by atoms with van der Waals surface area (Å²) in [6, 6.07) is 17.8. The van der Waals surface area contributed by atoms with Crippen LogP contribution in [-0.4, -0.2) is 75.0 Å². The lowest BCUT2D eigenvalue weighted by molar-refractivity contribution is -0.377. The third-order valence-corrected chi connectivity index (χ3v) is 10.4. The van der Waals surface area contributed by atoms with Crippen LogP contribution in [0.15, 0.2) is 73.1 Å². The SMILES string of the molecule is COc1ccc([C@H](Cc2c(Cl)c[nH+]cc2Cl)OC(=O)c2ccc(CNC(CO)(C(=O)OC[C@@H]3CCN(C)C3)c3ccccc3)s2)cc1OC.[OH-]. The fourth-order valence-corrected chi connectivity index (χ4v) is 7.21. The minimum absolute atomic E-state index is 0. The second-order valence-electron chi connectivity index (χ2n) is 11.9. The van der Waals surface area contributed by atoms with Crippen molar-refractivity contribution in [1.29, 1.82) is 0 Å². The second kappa shape index (κ2) is 18.0. The molecule has 4 aromatic rings. The van der Waals surface area contributed by atoms with Crippen molar-refractivity contribution < 1.29 is 44.1 Å². The third kappa shape index (κ3) is 9.12. The second-order valence-corrected chi connectivity index (χ2v) is 13.9. The van der Waals surface area contributed by atoms with Crippen LogP contribution in [0.2, 0.25) is 10.0 Å². The molecule has 2 aromatic carbocycles. The normalized spacial score (nSPS) is 16.2. The molecule has 5 rings (SSSR count). The average Bonchev–Trinajstić information content (AvgIpc) is 3.78. The molecule has 0 saturated carbocycles. The highest BCUT2D eigenvalue weighted by Gasteiger charge is 2.42. The van der Waals surface area contributed by atoms with Crippen molar-refractivity contribution in [2.75, 3.05) is 47.6 Å². The Morgan fingerprint density at radius 2 is 1.78 bits per heavy atom. The lowest BCUT2D eigenvalue weighted by Gasteiger charge is -2.31. The number of hydrogen-bond donors (Lipinski definition) is 2. The molecule has 0 radical (unpaired) electrons. The molecule has 0 spiro atoms. The van der Waals surface area contributed by atoms with Crippen LogP contribution in [0.1, 0.15) is 43.8 Å². The summed E-state index contributed by atoms with van der Waals surface area (Å²) < 4.78 is 22.8. The number of likely N-dealkylation sites (tertiary alicyclic amines) is 1. The van der Waals surface area contributed by atoms with Gasteiger partial charge in [-0.05, 0) is 55.4 Å². The van der Waals surface area contributed by atoms with Crippen molar-refractivity contribution in [3.8, 4) is 11.5 Å².